The molecule has 0 fully saturated rings. The molecule has 3 rings (SSSR count). The lowest BCUT2D eigenvalue weighted by Crippen LogP contribution is -1.92. The van der Waals surface area contributed by atoms with Gasteiger partial charge in [-0.1, -0.05) is 37.3 Å². The van der Waals surface area contributed by atoms with Gasteiger partial charge in [0, 0.05) is 16.8 Å². The van der Waals surface area contributed by atoms with Crippen LogP contribution in [0.2, 0.25) is 0 Å². The van der Waals surface area contributed by atoms with Crippen LogP contribution in [-0.2, 0) is 6.42 Å². The minimum Gasteiger partial charge on any atom is -0.464 e. The molecule has 2 aromatic heterocycles. The number of pyridine rings is 1. The van der Waals surface area contributed by atoms with Crippen molar-refractivity contribution in [3.05, 3.63) is 66.6 Å². The third-order valence-electron chi connectivity index (χ3n) is 3.12. The highest BCUT2D eigenvalue weighted by molar-refractivity contribution is 5.68. The van der Waals surface area contributed by atoms with Crippen molar-refractivity contribution in [2.75, 3.05) is 0 Å². The quantitative estimate of drug-likeness (QED) is 0.679. The lowest BCUT2D eigenvalue weighted by atomic mass is 10.1. The Bertz CT molecular complexity index is 657. The predicted molar refractivity (Wildman–Crippen MR) is 76.8 cm³/mol. The van der Waals surface area contributed by atoms with Crippen LogP contribution in [0.3, 0.4) is 0 Å². The molecule has 1 aromatic carbocycles. The van der Waals surface area contributed by atoms with Gasteiger partial charge in [-0.05, 0) is 30.7 Å². The monoisotopic (exact) mass is 249 g/mol. The molecule has 94 valence electrons. The van der Waals surface area contributed by atoms with Crippen molar-refractivity contribution >= 4 is 0 Å². The van der Waals surface area contributed by atoms with Crippen molar-refractivity contribution in [2.45, 2.75) is 13.3 Å². The Kier molecular flexibility index (Phi) is 3.15. The van der Waals surface area contributed by atoms with E-state index < -0.39 is 0 Å². The number of aryl methyl sites for hydroxylation is 1. The molecule has 0 N–H and O–H groups in total. The molecule has 0 atom stereocenters. The molecule has 2 nitrogen and oxygen atoms in total. The summed E-state index contributed by atoms with van der Waals surface area (Å²) < 4.78 is 5.48. The first-order valence-corrected chi connectivity index (χ1v) is 6.47. The van der Waals surface area contributed by atoms with Gasteiger partial charge in [-0.15, -0.1) is 0 Å². The maximum Gasteiger partial charge on any atom is 0.133 e. The van der Waals surface area contributed by atoms with Crippen LogP contribution in [0.15, 0.2) is 65.3 Å². The summed E-state index contributed by atoms with van der Waals surface area (Å²) in [6, 6.07) is 18.3. The van der Waals surface area contributed by atoms with E-state index in [1.165, 1.54) is 0 Å². The maximum atomic E-state index is 5.48. The third-order valence-corrected chi connectivity index (χ3v) is 3.12. The van der Waals surface area contributed by atoms with Gasteiger partial charge < -0.3 is 4.42 Å². The van der Waals surface area contributed by atoms with Crippen molar-refractivity contribution < 1.29 is 4.42 Å². The Balaban J connectivity index is 2.13. The molecule has 0 spiro atoms. The van der Waals surface area contributed by atoms with E-state index in [1.54, 1.807) is 6.26 Å². The molecule has 0 unspecified atom stereocenters. The first-order chi connectivity index (χ1) is 9.36. The number of hydrogen-bond donors (Lipinski definition) is 0. The minimum absolute atomic E-state index is 0.884. The van der Waals surface area contributed by atoms with Crippen LogP contribution in [-0.4, -0.2) is 4.98 Å². The van der Waals surface area contributed by atoms with E-state index >= 15 is 0 Å². The van der Waals surface area contributed by atoms with Crippen molar-refractivity contribution in [1.29, 1.82) is 0 Å². The fourth-order valence-corrected chi connectivity index (χ4v) is 2.11. The molecule has 0 aliphatic rings. The average Bonchev–Trinajstić information content (AvgIpc) is 3.02. The van der Waals surface area contributed by atoms with Crippen molar-refractivity contribution in [3.63, 3.8) is 0 Å². The van der Waals surface area contributed by atoms with Crippen molar-refractivity contribution in [2.24, 2.45) is 0 Å². The van der Waals surface area contributed by atoms with Gasteiger partial charge in [0.2, 0.25) is 0 Å². The van der Waals surface area contributed by atoms with E-state index in [1.807, 2.05) is 30.3 Å². The zero-order valence-electron chi connectivity index (χ0n) is 10.8. The van der Waals surface area contributed by atoms with Crippen molar-refractivity contribution in [1.82, 2.24) is 4.98 Å². The summed E-state index contributed by atoms with van der Waals surface area (Å²) in [6.07, 6.45) is 2.61. The summed E-state index contributed by atoms with van der Waals surface area (Å²) in [4.78, 5) is 4.69. The molecule has 2 heteroatoms. The summed E-state index contributed by atoms with van der Waals surface area (Å²) in [6.45, 7) is 2.11. The van der Waals surface area contributed by atoms with Crippen LogP contribution in [0.5, 0.6) is 0 Å². The van der Waals surface area contributed by atoms with Gasteiger partial charge in [-0.3, -0.25) is 4.98 Å². The molecule has 0 aliphatic carbocycles. The van der Waals surface area contributed by atoms with E-state index in [-0.39, 0.29) is 0 Å². The normalized spacial score (nSPS) is 10.6. The zero-order chi connectivity index (χ0) is 13.1. The summed E-state index contributed by atoms with van der Waals surface area (Å²) in [5.41, 5.74) is 4.28. The first-order valence-electron chi connectivity index (χ1n) is 6.47. The molecular weight excluding hydrogens is 234 g/mol. The van der Waals surface area contributed by atoms with E-state index in [0.29, 0.717) is 0 Å². The minimum atomic E-state index is 0.884. The predicted octanol–water partition coefficient (Wildman–Crippen LogP) is 4.57. The smallest absolute Gasteiger partial charge is 0.133 e. The Labute approximate surface area is 112 Å². The second kappa shape index (κ2) is 5.11. The number of nitrogens with zero attached hydrogens (tertiary/aromatic N) is 1. The summed E-state index contributed by atoms with van der Waals surface area (Å²) in [7, 11) is 0. The lowest BCUT2D eigenvalue weighted by molar-refractivity contribution is 0.582. The molecule has 0 amide bonds. The Morgan fingerprint density at radius 3 is 2.47 bits per heavy atom. The highest BCUT2D eigenvalue weighted by atomic mass is 16.3. The SMILES string of the molecule is CCc1cc(-c2ccco2)cc(-c2ccccc2)n1. The second-order valence-corrected chi connectivity index (χ2v) is 4.43. The molecule has 19 heavy (non-hydrogen) atoms. The van der Waals surface area contributed by atoms with Gasteiger partial charge in [0.1, 0.15) is 5.76 Å². The maximum absolute atomic E-state index is 5.48. The molecule has 0 aliphatic heterocycles. The molecule has 3 aromatic rings. The van der Waals surface area contributed by atoms with E-state index in [9.17, 15) is 0 Å². The van der Waals surface area contributed by atoms with Crippen LogP contribution < -0.4 is 0 Å². The lowest BCUT2D eigenvalue weighted by Gasteiger charge is -2.06. The van der Waals surface area contributed by atoms with Crippen LogP contribution in [0.4, 0.5) is 0 Å². The van der Waals surface area contributed by atoms with Crippen LogP contribution in [0.25, 0.3) is 22.6 Å². The Hall–Kier alpha value is -2.35. The van der Waals surface area contributed by atoms with Gasteiger partial charge >= 0.3 is 0 Å². The molecule has 0 saturated heterocycles. The van der Waals surface area contributed by atoms with Gasteiger partial charge in [0.05, 0.1) is 12.0 Å². The number of benzene rings is 1. The van der Waals surface area contributed by atoms with E-state index in [4.69, 9.17) is 9.40 Å². The van der Waals surface area contributed by atoms with Crippen LogP contribution in [0, 0.1) is 0 Å². The number of hydrogen-bond acceptors (Lipinski definition) is 2. The fourth-order valence-electron chi connectivity index (χ4n) is 2.11. The van der Waals surface area contributed by atoms with Gasteiger partial charge in [-0.25, -0.2) is 0 Å². The number of aromatic nitrogens is 1. The van der Waals surface area contributed by atoms with E-state index in [0.717, 1.165) is 34.7 Å². The largest absolute Gasteiger partial charge is 0.464 e. The summed E-state index contributed by atoms with van der Waals surface area (Å²) >= 11 is 0. The highest BCUT2D eigenvalue weighted by Gasteiger charge is 2.07. The molecule has 0 radical (unpaired) electrons. The first kappa shape index (κ1) is 11.7. The number of furan rings is 1. The number of rotatable bonds is 3. The molecular formula is C17H15NO. The topological polar surface area (TPSA) is 26.0 Å². The fraction of sp³-hybridized carbons (Fsp3) is 0.118. The van der Waals surface area contributed by atoms with Crippen LogP contribution >= 0.6 is 0 Å². The molecule has 0 saturated carbocycles. The van der Waals surface area contributed by atoms with E-state index in [2.05, 4.69) is 31.2 Å². The Morgan fingerprint density at radius 2 is 1.79 bits per heavy atom. The average molecular weight is 249 g/mol. The van der Waals surface area contributed by atoms with Crippen LogP contribution in [0.1, 0.15) is 12.6 Å². The summed E-state index contributed by atoms with van der Waals surface area (Å²) in [5, 5.41) is 0. The molecule has 2 heterocycles. The Morgan fingerprint density at radius 1 is 0.947 bits per heavy atom. The summed E-state index contributed by atoms with van der Waals surface area (Å²) in [5.74, 6) is 0.884. The highest BCUT2D eigenvalue weighted by Crippen LogP contribution is 2.26. The standard InChI is InChI=1S/C17H15NO/c1-2-15-11-14(17-9-6-10-19-17)12-16(18-15)13-7-4-3-5-8-13/h3-12H,2H2,1H3. The molecule has 0 bridgehead atoms. The van der Waals surface area contributed by atoms with Crippen molar-refractivity contribution in [3.8, 4) is 22.6 Å². The van der Waals surface area contributed by atoms with Gasteiger partial charge in [0.15, 0.2) is 0 Å². The van der Waals surface area contributed by atoms with Gasteiger partial charge in [0.25, 0.3) is 0 Å². The third kappa shape index (κ3) is 2.43. The van der Waals surface area contributed by atoms with Gasteiger partial charge in [-0.2, -0.15) is 0 Å². The second-order valence-electron chi connectivity index (χ2n) is 4.43. The zero-order valence-corrected chi connectivity index (χ0v) is 10.8.